The molecule has 1 heterocycles. The molecule has 1 aliphatic rings. The van der Waals surface area contributed by atoms with E-state index >= 15 is 0 Å². The average molecular weight is 475 g/mol. The zero-order chi connectivity index (χ0) is 22.7. The predicted molar refractivity (Wildman–Crippen MR) is 120 cm³/mol. The molecule has 1 amide bonds. The van der Waals surface area contributed by atoms with E-state index in [-0.39, 0.29) is 22.3 Å². The summed E-state index contributed by atoms with van der Waals surface area (Å²) in [5.74, 6) is -0.805. The van der Waals surface area contributed by atoms with Gasteiger partial charge in [0.05, 0.1) is 9.92 Å². The average Bonchev–Trinajstić information content (AvgIpc) is 2.78. The number of nitrogens with one attached hydrogen (secondary N) is 1. The molecule has 32 heavy (non-hydrogen) atoms. The smallest absolute Gasteiger partial charge is 0.262 e. The van der Waals surface area contributed by atoms with E-state index in [1.807, 2.05) is 24.3 Å². The highest BCUT2D eigenvalue weighted by Gasteiger charge is 2.28. The Labute approximate surface area is 190 Å². The fourth-order valence-electron chi connectivity index (χ4n) is 3.49. The van der Waals surface area contributed by atoms with Crippen LogP contribution in [-0.2, 0) is 27.8 Å². The molecule has 0 radical (unpaired) electrons. The molecule has 1 N–H and O–H groups in total. The molecule has 0 aromatic heterocycles. The zero-order valence-electron chi connectivity index (χ0n) is 16.9. The summed E-state index contributed by atoms with van der Waals surface area (Å²) < 4.78 is 46.2. The third kappa shape index (κ3) is 4.93. The second-order valence-corrected chi connectivity index (χ2v) is 9.64. The Morgan fingerprint density at radius 3 is 2.59 bits per heavy atom. The second-order valence-electron chi connectivity index (χ2n) is 7.30. The zero-order valence-corrected chi connectivity index (χ0v) is 18.5. The van der Waals surface area contributed by atoms with Crippen molar-refractivity contribution in [2.24, 2.45) is 0 Å². The monoisotopic (exact) mass is 474 g/mol. The van der Waals surface area contributed by atoms with E-state index in [0.29, 0.717) is 25.2 Å². The molecular weight excluding hydrogens is 455 g/mol. The third-order valence-corrected chi connectivity index (χ3v) is 7.24. The van der Waals surface area contributed by atoms with Crippen LogP contribution in [0.2, 0.25) is 5.02 Å². The Morgan fingerprint density at radius 2 is 1.84 bits per heavy atom. The predicted octanol–water partition coefficient (Wildman–Crippen LogP) is 4.24. The first-order valence-corrected chi connectivity index (χ1v) is 11.7. The van der Waals surface area contributed by atoms with E-state index in [0.717, 1.165) is 11.1 Å². The fraction of sp³-hybridized carbons (Fsp3) is 0.174. The van der Waals surface area contributed by atoms with Gasteiger partial charge >= 0.3 is 0 Å². The van der Waals surface area contributed by atoms with Crippen molar-refractivity contribution in [1.82, 2.24) is 4.31 Å². The van der Waals surface area contributed by atoms with E-state index in [1.165, 1.54) is 40.7 Å². The first-order chi connectivity index (χ1) is 15.3. The number of anilines is 1. The summed E-state index contributed by atoms with van der Waals surface area (Å²) in [4.78, 5) is 12.1. The first-order valence-electron chi connectivity index (χ1n) is 9.87. The maximum atomic E-state index is 13.2. The largest absolute Gasteiger partial charge is 0.482 e. The summed E-state index contributed by atoms with van der Waals surface area (Å²) in [7, 11) is -3.74. The minimum Gasteiger partial charge on any atom is -0.482 e. The number of amides is 1. The van der Waals surface area contributed by atoms with E-state index in [1.54, 1.807) is 6.07 Å². The van der Waals surface area contributed by atoms with Gasteiger partial charge in [-0.1, -0.05) is 41.9 Å². The highest BCUT2D eigenvalue weighted by molar-refractivity contribution is 7.89. The number of carbonyl (C=O) groups is 1. The third-order valence-electron chi connectivity index (χ3n) is 5.10. The molecule has 0 unspecified atom stereocenters. The van der Waals surface area contributed by atoms with Crippen LogP contribution in [0.4, 0.5) is 10.1 Å². The number of sulfonamides is 1. The Kier molecular flexibility index (Phi) is 6.45. The van der Waals surface area contributed by atoms with Crippen LogP contribution in [0.15, 0.2) is 71.6 Å². The Hall–Kier alpha value is -2.94. The van der Waals surface area contributed by atoms with Crippen molar-refractivity contribution < 1.29 is 22.3 Å². The van der Waals surface area contributed by atoms with Gasteiger partial charge in [-0.05, 0) is 53.9 Å². The normalized spacial score (nSPS) is 13.9. The number of hydrogen-bond acceptors (Lipinski definition) is 4. The highest BCUT2D eigenvalue weighted by Crippen LogP contribution is 2.31. The molecule has 0 bridgehead atoms. The molecule has 166 valence electrons. The molecule has 0 atom stereocenters. The van der Waals surface area contributed by atoms with Gasteiger partial charge in [0.2, 0.25) is 10.0 Å². The number of halogens is 2. The van der Waals surface area contributed by atoms with Crippen LogP contribution in [0.1, 0.15) is 11.1 Å². The number of rotatable bonds is 6. The minimum atomic E-state index is -3.74. The van der Waals surface area contributed by atoms with E-state index in [2.05, 4.69) is 5.32 Å². The molecule has 0 aliphatic carbocycles. The van der Waals surface area contributed by atoms with Crippen molar-refractivity contribution in [3.63, 3.8) is 0 Å². The summed E-state index contributed by atoms with van der Waals surface area (Å²) >= 11 is 6.23. The Bertz CT molecular complexity index is 1270. The van der Waals surface area contributed by atoms with Crippen molar-refractivity contribution in [2.75, 3.05) is 18.5 Å². The van der Waals surface area contributed by atoms with Crippen molar-refractivity contribution in [1.29, 1.82) is 0 Å². The van der Waals surface area contributed by atoms with Gasteiger partial charge in [-0.25, -0.2) is 12.8 Å². The number of nitrogens with zero attached hydrogens (tertiary/aromatic N) is 1. The summed E-state index contributed by atoms with van der Waals surface area (Å²) in [6, 6.07) is 17.4. The van der Waals surface area contributed by atoms with Crippen molar-refractivity contribution in [2.45, 2.75) is 17.9 Å². The number of carbonyl (C=O) groups excluding carboxylic acids is 1. The maximum absolute atomic E-state index is 13.2. The Balaban J connectivity index is 1.42. The standard InChI is InChI=1S/C23H20ClFN2O4S/c24-21-13-20(32(29,30)27-11-10-16-4-1-2-5-17(16)14-27)8-9-22(21)31-15-23(28)26-19-7-3-6-18(25)12-19/h1-9,12-13H,10-11,14-15H2,(H,26,28). The highest BCUT2D eigenvalue weighted by atomic mass is 35.5. The van der Waals surface area contributed by atoms with Gasteiger partial charge in [-0.2, -0.15) is 4.31 Å². The molecule has 3 aromatic carbocycles. The van der Waals surface area contributed by atoms with Crippen molar-refractivity contribution in [3.8, 4) is 5.75 Å². The van der Waals surface area contributed by atoms with Gasteiger partial charge in [0.1, 0.15) is 11.6 Å². The lowest BCUT2D eigenvalue weighted by Gasteiger charge is -2.28. The lowest BCUT2D eigenvalue weighted by Crippen LogP contribution is -2.35. The second kappa shape index (κ2) is 9.28. The molecule has 0 spiro atoms. The molecule has 6 nitrogen and oxygen atoms in total. The van der Waals surface area contributed by atoms with Gasteiger partial charge < -0.3 is 10.1 Å². The van der Waals surface area contributed by atoms with Gasteiger partial charge in [0.25, 0.3) is 5.91 Å². The number of fused-ring (bicyclic) bond motifs is 1. The van der Waals surface area contributed by atoms with Crippen molar-refractivity contribution in [3.05, 3.63) is 88.7 Å². The van der Waals surface area contributed by atoms with Gasteiger partial charge in [-0.15, -0.1) is 0 Å². The van der Waals surface area contributed by atoms with Crippen LogP contribution in [-0.4, -0.2) is 31.8 Å². The summed E-state index contributed by atoms with van der Waals surface area (Å²) in [6.45, 7) is 0.315. The Morgan fingerprint density at radius 1 is 1.06 bits per heavy atom. The van der Waals surface area contributed by atoms with Gasteiger partial charge in [0.15, 0.2) is 6.61 Å². The van der Waals surface area contributed by atoms with Crippen LogP contribution in [0.25, 0.3) is 0 Å². The van der Waals surface area contributed by atoms with Crippen LogP contribution >= 0.6 is 11.6 Å². The van der Waals surface area contributed by atoms with E-state index in [4.69, 9.17) is 16.3 Å². The number of hydrogen-bond donors (Lipinski definition) is 1. The van der Waals surface area contributed by atoms with Crippen LogP contribution in [0.3, 0.4) is 0 Å². The minimum absolute atomic E-state index is 0.0541. The molecule has 4 rings (SSSR count). The number of benzene rings is 3. The fourth-order valence-corrected chi connectivity index (χ4v) is 5.24. The van der Waals surface area contributed by atoms with Crippen molar-refractivity contribution >= 4 is 33.2 Å². The van der Waals surface area contributed by atoms with Gasteiger partial charge in [-0.3, -0.25) is 4.79 Å². The number of ether oxygens (including phenoxy) is 1. The summed E-state index contributed by atoms with van der Waals surface area (Å²) in [6.07, 6.45) is 0.644. The molecule has 0 saturated heterocycles. The van der Waals surface area contributed by atoms with Crippen LogP contribution in [0.5, 0.6) is 5.75 Å². The van der Waals surface area contributed by atoms with E-state index in [9.17, 15) is 17.6 Å². The lowest BCUT2D eigenvalue weighted by molar-refractivity contribution is -0.118. The SMILES string of the molecule is O=C(COc1ccc(S(=O)(=O)N2CCc3ccccc3C2)cc1Cl)Nc1cccc(F)c1. The van der Waals surface area contributed by atoms with E-state index < -0.39 is 21.7 Å². The summed E-state index contributed by atoms with van der Waals surface area (Å²) in [5, 5.41) is 2.58. The van der Waals surface area contributed by atoms with Gasteiger partial charge in [0, 0.05) is 18.8 Å². The maximum Gasteiger partial charge on any atom is 0.262 e. The topological polar surface area (TPSA) is 75.7 Å². The molecule has 0 fully saturated rings. The quantitative estimate of drug-likeness (QED) is 0.579. The molecular formula is C23H20ClFN2O4S. The molecule has 1 aliphatic heterocycles. The molecule has 9 heteroatoms. The summed E-state index contributed by atoms with van der Waals surface area (Å²) in [5.41, 5.74) is 2.43. The van der Waals surface area contributed by atoms with Crippen LogP contribution in [0, 0.1) is 5.82 Å². The van der Waals surface area contributed by atoms with Crippen LogP contribution < -0.4 is 10.1 Å². The first kappa shape index (κ1) is 22.3. The molecule has 3 aromatic rings. The molecule has 0 saturated carbocycles. The lowest BCUT2D eigenvalue weighted by atomic mass is 10.0.